The Morgan fingerprint density at radius 3 is 2.95 bits per heavy atom. The van der Waals surface area contributed by atoms with Crippen molar-refractivity contribution in [2.45, 2.75) is 13.5 Å². The normalized spacial score (nSPS) is 10.6. The topological polar surface area (TPSA) is 94.0 Å². The molecule has 1 aromatic carbocycles. The van der Waals surface area contributed by atoms with Gasteiger partial charge in [-0.05, 0) is 42.1 Å². The summed E-state index contributed by atoms with van der Waals surface area (Å²) in [5.74, 6) is 0.652. The van der Waals surface area contributed by atoms with E-state index < -0.39 is 5.91 Å². The molecule has 2 aromatic heterocycles. The average Bonchev–Trinajstić information content (AvgIpc) is 3.16. The molecule has 3 rings (SSSR count). The molecule has 22 heavy (non-hydrogen) atoms. The second-order valence-corrected chi connectivity index (χ2v) is 5.56. The molecule has 2 heterocycles. The summed E-state index contributed by atoms with van der Waals surface area (Å²) in [6, 6.07) is 7.29. The maximum absolute atomic E-state index is 11.2. The molecule has 0 aliphatic carbocycles. The van der Waals surface area contributed by atoms with Crippen LogP contribution in [-0.4, -0.2) is 16.0 Å². The van der Waals surface area contributed by atoms with Crippen molar-refractivity contribution in [1.82, 2.24) is 10.1 Å². The lowest BCUT2D eigenvalue weighted by molar-refractivity contribution is 0.1000. The zero-order chi connectivity index (χ0) is 15.5. The molecule has 3 N–H and O–H groups in total. The van der Waals surface area contributed by atoms with Crippen molar-refractivity contribution in [3.05, 3.63) is 52.0 Å². The van der Waals surface area contributed by atoms with Gasteiger partial charge in [-0.25, -0.2) is 0 Å². The monoisotopic (exact) mass is 314 g/mol. The molecule has 0 saturated heterocycles. The van der Waals surface area contributed by atoms with E-state index in [-0.39, 0.29) is 0 Å². The van der Waals surface area contributed by atoms with Crippen LogP contribution in [0.1, 0.15) is 21.7 Å². The number of anilines is 1. The first-order valence-electron chi connectivity index (χ1n) is 6.63. The molecule has 0 atom stereocenters. The zero-order valence-corrected chi connectivity index (χ0v) is 12.7. The van der Waals surface area contributed by atoms with Crippen LogP contribution in [0.15, 0.2) is 39.5 Å². The number of carbonyl (C=O) groups is 1. The summed E-state index contributed by atoms with van der Waals surface area (Å²) >= 11 is 1.58. The number of nitrogens with two attached hydrogens (primary N) is 1. The number of aryl methyl sites for hydroxylation is 1. The van der Waals surface area contributed by atoms with Gasteiger partial charge in [0.25, 0.3) is 5.89 Å². The molecular weight excluding hydrogens is 300 g/mol. The fraction of sp³-hybridized carbons (Fsp3) is 0.133. The molecule has 0 fully saturated rings. The summed E-state index contributed by atoms with van der Waals surface area (Å²) in [4.78, 5) is 15.5. The SMILES string of the molecule is Cc1cc(NCc2noc(-c3ccsc3)n2)ccc1C(N)=O. The van der Waals surface area contributed by atoms with E-state index in [9.17, 15) is 4.79 Å². The van der Waals surface area contributed by atoms with Crippen molar-refractivity contribution in [3.63, 3.8) is 0 Å². The molecule has 1 amide bonds. The van der Waals surface area contributed by atoms with Crippen LogP contribution in [0.2, 0.25) is 0 Å². The summed E-state index contributed by atoms with van der Waals surface area (Å²) in [5, 5.41) is 11.0. The van der Waals surface area contributed by atoms with Gasteiger partial charge in [-0.15, -0.1) is 0 Å². The highest BCUT2D eigenvalue weighted by atomic mass is 32.1. The van der Waals surface area contributed by atoms with Gasteiger partial charge >= 0.3 is 0 Å². The summed E-state index contributed by atoms with van der Waals surface area (Å²) in [6.45, 7) is 2.28. The molecule has 0 aliphatic rings. The number of rotatable bonds is 5. The minimum atomic E-state index is -0.428. The van der Waals surface area contributed by atoms with E-state index >= 15 is 0 Å². The van der Waals surface area contributed by atoms with Crippen LogP contribution in [0.3, 0.4) is 0 Å². The lowest BCUT2D eigenvalue weighted by Gasteiger charge is -2.07. The van der Waals surface area contributed by atoms with Crippen LogP contribution in [0.5, 0.6) is 0 Å². The fourth-order valence-corrected chi connectivity index (χ4v) is 2.69. The Balaban J connectivity index is 1.68. The van der Waals surface area contributed by atoms with Crippen molar-refractivity contribution in [2.75, 3.05) is 5.32 Å². The number of amides is 1. The predicted octanol–water partition coefficient (Wildman–Crippen LogP) is 2.82. The Kier molecular flexibility index (Phi) is 3.88. The Morgan fingerprint density at radius 2 is 2.27 bits per heavy atom. The van der Waals surface area contributed by atoms with Gasteiger partial charge in [0.15, 0.2) is 5.82 Å². The minimum absolute atomic E-state index is 0.428. The third kappa shape index (κ3) is 2.99. The molecule has 0 radical (unpaired) electrons. The predicted molar refractivity (Wildman–Crippen MR) is 84.6 cm³/mol. The lowest BCUT2D eigenvalue weighted by Crippen LogP contribution is -2.12. The van der Waals surface area contributed by atoms with Gasteiger partial charge in [-0.3, -0.25) is 4.79 Å². The number of hydrogen-bond donors (Lipinski definition) is 2. The number of nitrogens with zero attached hydrogens (tertiary/aromatic N) is 2. The van der Waals surface area contributed by atoms with Crippen molar-refractivity contribution < 1.29 is 9.32 Å². The van der Waals surface area contributed by atoms with Gasteiger partial charge in [0.05, 0.1) is 12.1 Å². The highest BCUT2D eigenvalue weighted by Gasteiger charge is 2.09. The highest BCUT2D eigenvalue weighted by molar-refractivity contribution is 7.08. The highest BCUT2D eigenvalue weighted by Crippen LogP contribution is 2.20. The molecule has 0 saturated carbocycles. The quantitative estimate of drug-likeness (QED) is 0.755. The third-order valence-electron chi connectivity index (χ3n) is 3.18. The number of thiophene rings is 1. The third-order valence-corrected chi connectivity index (χ3v) is 3.86. The minimum Gasteiger partial charge on any atom is -0.378 e. The number of benzene rings is 1. The molecule has 7 heteroatoms. The van der Waals surface area contributed by atoms with Crippen LogP contribution in [0, 0.1) is 6.92 Å². The number of primary amides is 1. The van der Waals surface area contributed by atoms with Crippen molar-refractivity contribution >= 4 is 22.9 Å². The molecule has 3 aromatic rings. The van der Waals surface area contributed by atoms with Crippen LogP contribution in [0.25, 0.3) is 11.5 Å². The molecule has 112 valence electrons. The van der Waals surface area contributed by atoms with E-state index in [2.05, 4.69) is 15.5 Å². The summed E-state index contributed by atoms with van der Waals surface area (Å²) in [5.41, 5.74) is 8.42. The van der Waals surface area contributed by atoms with Crippen LogP contribution < -0.4 is 11.1 Å². The summed E-state index contributed by atoms with van der Waals surface area (Å²) in [7, 11) is 0. The Hall–Kier alpha value is -2.67. The number of aromatic nitrogens is 2. The van der Waals surface area contributed by atoms with Gasteiger partial charge < -0.3 is 15.6 Å². The maximum atomic E-state index is 11.2. The van der Waals surface area contributed by atoms with Gasteiger partial charge in [0.1, 0.15) is 0 Å². The molecule has 0 aliphatic heterocycles. The first-order chi connectivity index (χ1) is 10.6. The first kappa shape index (κ1) is 14.3. The Morgan fingerprint density at radius 1 is 1.41 bits per heavy atom. The van der Waals surface area contributed by atoms with Gasteiger partial charge in [0.2, 0.25) is 5.91 Å². The van der Waals surface area contributed by atoms with Crippen molar-refractivity contribution in [2.24, 2.45) is 5.73 Å². The van der Waals surface area contributed by atoms with Gasteiger partial charge in [-0.2, -0.15) is 16.3 Å². The number of nitrogens with one attached hydrogen (secondary N) is 1. The molecular formula is C15H14N4O2S. The average molecular weight is 314 g/mol. The van der Waals surface area contributed by atoms with E-state index in [4.69, 9.17) is 10.3 Å². The van der Waals surface area contributed by atoms with Crippen LogP contribution in [0.4, 0.5) is 5.69 Å². The van der Waals surface area contributed by atoms with Gasteiger partial charge in [0, 0.05) is 16.6 Å². The molecule has 0 unspecified atom stereocenters. The second kappa shape index (κ2) is 5.98. The maximum Gasteiger partial charge on any atom is 0.258 e. The van der Waals surface area contributed by atoms with Crippen molar-refractivity contribution in [1.29, 1.82) is 0 Å². The van der Waals surface area contributed by atoms with Crippen molar-refractivity contribution in [3.8, 4) is 11.5 Å². The van der Waals surface area contributed by atoms with E-state index in [1.807, 2.05) is 29.8 Å². The van der Waals surface area contributed by atoms with Crippen LogP contribution >= 0.6 is 11.3 Å². The van der Waals surface area contributed by atoms with E-state index in [0.29, 0.717) is 23.8 Å². The standard InChI is InChI=1S/C15H14N4O2S/c1-9-6-11(2-3-12(9)14(16)20)17-7-13-18-15(21-19-13)10-4-5-22-8-10/h2-6,8,17H,7H2,1H3,(H2,16,20). The zero-order valence-electron chi connectivity index (χ0n) is 11.9. The lowest BCUT2D eigenvalue weighted by atomic mass is 10.1. The summed E-state index contributed by atoms with van der Waals surface area (Å²) < 4.78 is 5.22. The van der Waals surface area contributed by atoms with E-state index in [0.717, 1.165) is 16.8 Å². The Bertz CT molecular complexity index is 796. The first-order valence-corrected chi connectivity index (χ1v) is 7.57. The second-order valence-electron chi connectivity index (χ2n) is 4.78. The smallest absolute Gasteiger partial charge is 0.258 e. The molecule has 0 spiro atoms. The Labute approximate surface area is 131 Å². The van der Waals surface area contributed by atoms with E-state index in [1.54, 1.807) is 23.5 Å². The van der Waals surface area contributed by atoms with E-state index in [1.165, 1.54) is 0 Å². The van der Waals surface area contributed by atoms with Gasteiger partial charge in [-0.1, -0.05) is 5.16 Å². The molecule has 6 nitrogen and oxygen atoms in total. The largest absolute Gasteiger partial charge is 0.378 e. The number of hydrogen-bond acceptors (Lipinski definition) is 6. The fourth-order valence-electron chi connectivity index (χ4n) is 2.06. The number of carbonyl (C=O) groups excluding carboxylic acids is 1. The van der Waals surface area contributed by atoms with Crippen LogP contribution in [-0.2, 0) is 6.54 Å². The summed E-state index contributed by atoms with van der Waals surface area (Å²) in [6.07, 6.45) is 0. The molecule has 0 bridgehead atoms.